The Morgan fingerprint density at radius 3 is 2.53 bits per heavy atom. The number of aliphatic hydroxyl groups is 1. The minimum absolute atomic E-state index is 0.0575. The second-order valence-corrected chi connectivity index (χ2v) is 4.02. The number of hydrogen-bond donors (Lipinski definition) is 1. The molecular weight excluding hydrogens is 188 g/mol. The number of aryl methyl sites for hydroxylation is 1. The monoisotopic (exact) mass is 208 g/mol. The average molecular weight is 208 g/mol. The maximum Gasteiger partial charge on any atom is 0.131 e. The van der Waals surface area contributed by atoms with Crippen LogP contribution in [0, 0.1) is 6.92 Å². The molecule has 0 aliphatic rings. The highest BCUT2D eigenvalue weighted by molar-refractivity contribution is 5.47. The van der Waals surface area contributed by atoms with Gasteiger partial charge in [0.05, 0.1) is 6.61 Å². The van der Waals surface area contributed by atoms with Gasteiger partial charge in [-0.2, -0.15) is 0 Å². The van der Waals surface area contributed by atoms with Gasteiger partial charge < -0.3 is 10.0 Å². The van der Waals surface area contributed by atoms with Crippen LogP contribution < -0.4 is 4.90 Å². The molecular formula is C12H20N2O. The molecule has 0 aliphatic heterocycles. The molecule has 0 bridgehead atoms. The predicted molar refractivity (Wildman–Crippen MR) is 63.1 cm³/mol. The van der Waals surface area contributed by atoms with E-state index < -0.39 is 0 Å². The fraction of sp³-hybridized carbons (Fsp3) is 0.583. The molecule has 1 aromatic heterocycles. The Kier molecular flexibility index (Phi) is 4.09. The molecule has 3 nitrogen and oxygen atoms in total. The zero-order valence-electron chi connectivity index (χ0n) is 9.99. The van der Waals surface area contributed by atoms with E-state index in [2.05, 4.69) is 30.7 Å². The van der Waals surface area contributed by atoms with Gasteiger partial charge in [-0.15, -0.1) is 0 Å². The van der Waals surface area contributed by atoms with Crippen LogP contribution in [-0.4, -0.2) is 22.7 Å². The van der Waals surface area contributed by atoms with Gasteiger partial charge in [-0.05, 0) is 44.9 Å². The van der Waals surface area contributed by atoms with Gasteiger partial charge in [-0.3, -0.25) is 0 Å². The van der Waals surface area contributed by atoms with E-state index in [0.29, 0.717) is 6.04 Å². The predicted octanol–water partition coefficient (Wildman–Crippen LogP) is 2.12. The standard InChI is InChI=1S/C12H20N2O/c1-5-14(9(2)3)12-10(4)6-11(8-15)7-13-12/h6-7,9,15H,5,8H2,1-4H3. The Balaban J connectivity index is 3.03. The lowest BCUT2D eigenvalue weighted by Crippen LogP contribution is -2.31. The Bertz CT molecular complexity index is 323. The van der Waals surface area contributed by atoms with Crippen LogP contribution in [0.25, 0.3) is 0 Å². The van der Waals surface area contributed by atoms with Crippen molar-refractivity contribution in [1.29, 1.82) is 0 Å². The second-order valence-electron chi connectivity index (χ2n) is 4.02. The fourth-order valence-electron chi connectivity index (χ4n) is 1.77. The Morgan fingerprint density at radius 2 is 2.13 bits per heavy atom. The molecule has 3 heteroatoms. The molecule has 1 aromatic rings. The summed E-state index contributed by atoms with van der Waals surface area (Å²) in [5.41, 5.74) is 1.99. The Morgan fingerprint density at radius 1 is 1.47 bits per heavy atom. The van der Waals surface area contributed by atoms with Crippen LogP contribution in [0.5, 0.6) is 0 Å². The normalized spacial score (nSPS) is 10.8. The summed E-state index contributed by atoms with van der Waals surface area (Å²) >= 11 is 0. The van der Waals surface area contributed by atoms with E-state index in [4.69, 9.17) is 5.11 Å². The molecule has 0 radical (unpaired) electrons. The number of anilines is 1. The van der Waals surface area contributed by atoms with Gasteiger partial charge in [-0.1, -0.05) is 0 Å². The summed E-state index contributed by atoms with van der Waals surface area (Å²) in [5, 5.41) is 9.00. The van der Waals surface area contributed by atoms with Crippen molar-refractivity contribution in [3.05, 3.63) is 23.4 Å². The average Bonchev–Trinajstić information content (AvgIpc) is 2.20. The summed E-state index contributed by atoms with van der Waals surface area (Å²) in [4.78, 5) is 6.65. The first-order valence-electron chi connectivity index (χ1n) is 5.43. The van der Waals surface area contributed by atoms with Crippen molar-refractivity contribution in [3.8, 4) is 0 Å². The van der Waals surface area contributed by atoms with Crippen molar-refractivity contribution in [3.63, 3.8) is 0 Å². The number of pyridine rings is 1. The van der Waals surface area contributed by atoms with Gasteiger partial charge >= 0.3 is 0 Å². The van der Waals surface area contributed by atoms with E-state index in [9.17, 15) is 0 Å². The highest BCUT2D eigenvalue weighted by Crippen LogP contribution is 2.19. The second kappa shape index (κ2) is 5.12. The summed E-state index contributed by atoms with van der Waals surface area (Å²) in [6.07, 6.45) is 1.74. The van der Waals surface area contributed by atoms with Crippen LogP contribution in [0.2, 0.25) is 0 Å². The highest BCUT2D eigenvalue weighted by Gasteiger charge is 2.12. The van der Waals surface area contributed by atoms with Crippen LogP contribution >= 0.6 is 0 Å². The SMILES string of the molecule is CCN(c1ncc(CO)cc1C)C(C)C. The number of nitrogens with zero attached hydrogens (tertiary/aromatic N) is 2. The lowest BCUT2D eigenvalue weighted by atomic mass is 10.2. The summed E-state index contributed by atoms with van der Waals surface area (Å²) < 4.78 is 0. The fourth-order valence-corrected chi connectivity index (χ4v) is 1.77. The molecule has 1 N–H and O–H groups in total. The van der Waals surface area contributed by atoms with E-state index >= 15 is 0 Å². The van der Waals surface area contributed by atoms with Gasteiger partial charge in [0, 0.05) is 18.8 Å². The molecule has 1 rings (SSSR count). The number of aliphatic hydroxyl groups excluding tert-OH is 1. The van der Waals surface area contributed by atoms with Gasteiger partial charge in [0.25, 0.3) is 0 Å². The molecule has 0 aliphatic carbocycles. The number of hydrogen-bond acceptors (Lipinski definition) is 3. The lowest BCUT2D eigenvalue weighted by molar-refractivity contribution is 0.281. The van der Waals surface area contributed by atoms with Crippen molar-refractivity contribution >= 4 is 5.82 Å². The zero-order valence-corrected chi connectivity index (χ0v) is 9.99. The largest absolute Gasteiger partial charge is 0.392 e. The summed E-state index contributed by atoms with van der Waals surface area (Å²) in [5.74, 6) is 1.02. The molecule has 0 unspecified atom stereocenters. The lowest BCUT2D eigenvalue weighted by Gasteiger charge is -2.27. The van der Waals surface area contributed by atoms with E-state index in [-0.39, 0.29) is 6.61 Å². The molecule has 0 aromatic carbocycles. The first kappa shape index (κ1) is 12.0. The van der Waals surface area contributed by atoms with Crippen molar-refractivity contribution in [2.45, 2.75) is 40.3 Å². The maximum absolute atomic E-state index is 9.00. The summed E-state index contributed by atoms with van der Waals surface area (Å²) in [7, 11) is 0. The molecule has 0 saturated heterocycles. The van der Waals surface area contributed by atoms with E-state index in [1.54, 1.807) is 6.20 Å². The quantitative estimate of drug-likeness (QED) is 0.823. The number of rotatable bonds is 4. The third-order valence-corrected chi connectivity index (χ3v) is 2.53. The molecule has 84 valence electrons. The summed E-state index contributed by atoms with van der Waals surface area (Å²) in [6.45, 7) is 9.48. The van der Waals surface area contributed by atoms with Crippen LogP contribution in [0.3, 0.4) is 0 Å². The van der Waals surface area contributed by atoms with E-state index in [1.807, 2.05) is 13.0 Å². The molecule has 0 fully saturated rings. The minimum atomic E-state index is 0.0575. The topological polar surface area (TPSA) is 36.4 Å². The van der Waals surface area contributed by atoms with E-state index in [0.717, 1.165) is 23.5 Å². The van der Waals surface area contributed by atoms with Gasteiger partial charge in [0.15, 0.2) is 0 Å². The van der Waals surface area contributed by atoms with Gasteiger partial charge in [0.1, 0.15) is 5.82 Å². The van der Waals surface area contributed by atoms with Crippen LogP contribution in [0.15, 0.2) is 12.3 Å². The van der Waals surface area contributed by atoms with Crippen LogP contribution in [0.4, 0.5) is 5.82 Å². The Labute approximate surface area is 91.8 Å². The molecule has 15 heavy (non-hydrogen) atoms. The van der Waals surface area contributed by atoms with Gasteiger partial charge in [0.2, 0.25) is 0 Å². The summed E-state index contributed by atoms with van der Waals surface area (Å²) in [6, 6.07) is 2.44. The van der Waals surface area contributed by atoms with Gasteiger partial charge in [-0.25, -0.2) is 4.98 Å². The van der Waals surface area contributed by atoms with Crippen LogP contribution in [0.1, 0.15) is 31.9 Å². The molecule has 0 saturated carbocycles. The van der Waals surface area contributed by atoms with Crippen molar-refractivity contribution in [2.24, 2.45) is 0 Å². The first-order chi connectivity index (χ1) is 7.10. The van der Waals surface area contributed by atoms with Crippen molar-refractivity contribution < 1.29 is 5.11 Å². The highest BCUT2D eigenvalue weighted by atomic mass is 16.3. The van der Waals surface area contributed by atoms with Crippen LogP contribution in [-0.2, 0) is 6.61 Å². The molecule has 1 heterocycles. The molecule has 0 amide bonds. The molecule has 0 atom stereocenters. The minimum Gasteiger partial charge on any atom is -0.392 e. The van der Waals surface area contributed by atoms with E-state index in [1.165, 1.54) is 0 Å². The third kappa shape index (κ3) is 2.69. The first-order valence-corrected chi connectivity index (χ1v) is 5.43. The molecule has 0 spiro atoms. The smallest absolute Gasteiger partial charge is 0.131 e. The van der Waals surface area contributed by atoms with Crippen molar-refractivity contribution in [2.75, 3.05) is 11.4 Å². The zero-order chi connectivity index (χ0) is 11.4. The third-order valence-electron chi connectivity index (χ3n) is 2.53. The number of aromatic nitrogens is 1. The Hall–Kier alpha value is -1.09. The van der Waals surface area contributed by atoms with Crippen molar-refractivity contribution in [1.82, 2.24) is 4.98 Å². The maximum atomic E-state index is 9.00.